The molecule has 0 aliphatic heterocycles. The minimum Gasteiger partial charge on any atom is -0.397 e. The van der Waals surface area contributed by atoms with Gasteiger partial charge in [0.25, 0.3) is 0 Å². The third kappa shape index (κ3) is 5.27. The fourth-order valence-corrected chi connectivity index (χ4v) is 1.71. The largest absolute Gasteiger partial charge is 0.397 e. The molecular weight excluding hydrogens is 256 g/mol. The fourth-order valence-electron chi connectivity index (χ4n) is 1.71. The number of amides is 2. The van der Waals surface area contributed by atoms with Crippen molar-refractivity contribution in [3.63, 3.8) is 0 Å². The lowest BCUT2D eigenvalue weighted by atomic mass is 10.2. The Morgan fingerprint density at radius 1 is 1.25 bits per heavy atom. The number of hydrogen-bond acceptors (Lipinski definition) is 4. The Balaban J connectivity index is 2.42. The van der Waals surface area contributed by atoms with Crippen LogP contribution in [-0.2, 0) is 9.59 Å². The number of hydrogen-bond donors (Lipinski definition) is 3. The average Bonchev–Trinajstić information content (AvgIpc) is 2.45. The van der Waals surface area contributed by atoms with Crippen LogP contribution in [0.4, 0.5) is 11.4 Å². The summed E-state index contributed by atoms with van der Waals surface area (Å²) < 4.78 is 0. The second-order valence-electron chi connectivity index (χ2n) is 4.43. The fraction of sp³-hybridized carbons (Fsp3) is 0.429. The normalized spacial score (nSPS) is 10.3. The van der Waals surface area contributed by atoms with Gasteiger partial charge in [-0.25, -0.2) is 0 Å². The molecule has 1 aromatic rings. The zero-order valence-corrected chi connectivity index (χ0v) is 12.0. The smallest absolute Gasteiger partial charge is 0.233 e. The first kappa shape index (κ1) is 16.0. The van der Waals surface area contributed by atoms with Crippen LogP contribution in [0.25, 0.3) is 0 Å². The molecule has 0 atom stereocenters. The highest BCUT2D eigenvalue weighted by Gasteiger charge is 2.10. The molecule has 0 bridgehead atoms. The molecule has 20 heavy (non-hydrogen) atoms. The number of nitrogen functional groups attached to an aromatic ring is 1. The molecule has 6 heteroatoms. The number of anilines is 2. The van der Waals surface area contributed by atoms with E-state index >= 15 is 0 Å². The Bertz CT molecular complexity index is 462. The topological polar surface area (TPSA) is 87.5 Å². The van der Waals surface area contributed by atoms with Crippen molar-refractivity contribution in [2.45, 2.75) is 13.3 Å². The van der Waals surface area contributed by atoms with Crippen LogP contribution in [-0.4, -0.2) is 43.4 Å². The number of likely N-dealkylation sites (N-methyl/N-ethyl adjacent to an activating group) is 2. The van der Waals surface area contributed by atoms with Gasteiger partial charge in [-0.3, -0.25) is 14.5 Å². The highest BCUT2D eigenvalue weighted by molar-refractivity contribution is 5.93. The summed E-state index contributed by atoms with van der Waals surface area (Å²) in [4.78, 5) is 25.0. The van der Waals surface area contributed by atoms with Crippen LogP contribution in [0.2, 0.25) is 0 Å². The minimum atomic E-state index is -0.113. The SMILES string of the molecule is CCN(CCC(=O)Nc1ccccc1N)CC(=O)NC. The predicted molar refractivity (Wildman–Crippen MR) is 80.3 cm³/mol. The van der Waals surface area contributed by atoms with Crippen molar-refractivity contribution in [1.82, 2.24) is 10.2 Å². The Hall–Kier alpha value is -2.08. The quantitative estimate of drug-likeness (QED) is 0.640. The molecule has 0 aliphatic rings. The number of nitrogens with two attached hydrogens (primary N) is 1. The van der Waals surface area contributed by atoms with Gasteiger partial charge in [0.1, 0.15) is 0 Å². The Morgan fingerprint density at radius 2 is 1.95 bits per heavy atom. The maximum atomic E-state index is 11.8. The van der Waals surface area contributed by atoms with Gasteiger partial charge in [-0.1, -0.05) is 19.1 Å². The first-order valence-corrected chi connectivity index (χ1v) is 6.64. The molecule has 0 heterocycles. The molecule has 0 unspecified atom stereocenters. The molecule has 0 saturated heterocycles. The van der Waals surface area contributed by atoms with Crippen molar-refractivity contribution in [2.24, 2.45) is 0 Å². The third-order valence-electron chi connectivity index (χ3n) is 2.98. The van der Waals surface area contributed by atoms with E-state index in [0.717, 1.165) is 0 Å². The highest BCUT2D eigenvalue weighted by Crippen LogP contribution is 2.16. The van der Waals surface area contributed by atoms with E-state index in [2.05, 4.69) is 10.6 Å². The molecule has 110 valence electrons. The molecule has 0 aliphatic carbocycles. The Kier molecular flexibility index (Phi) is 6.52. The summed E-state index contributed by atoms with van der Waals surface area (Å²) >= 11 is 0. The first-order valence-electron chi connectivity index (χ1n) is 6.64. The second kappa shape index (κ2) is 8.16. The van der Waals surface area contributed by atoms with E-state index in [4.69, 9.17) is 5.73 Å². The molecule has 2 amide bonds. The van der Waals surface area contributed by atoms with Gasteiger partial charge < -0.3 is 16.4 Å². The molecule has 6 nitrogen and oxygen atoms in total. The van der Waals surface area contributed by atoms with Crippen molar-refractivity contribution >= 4 is 23.2 Å². The molecule has 1 rings (SSSR count). The number of para-hydroxylation sites is 2. The Labute approximate surface area is 119 Å². The van der Waals surface area contributed by atoms with Crippen LogP contribution < -0.4 is 16.4 Å². The summed E-state index contributed by atoms with van der Waals surface area (Å²) in [6.07, 6.45) is 0.319. The first-order chi connectivity index (χ1) is 9.56. The van der Waals surface area contributed by atoms with Crippen molar-refractivity contribution < 1.29 is 9.59 Å². The Morgan fingerprint density at radius 3 is 2.55 bits per heavy atom. The number of benzene rings is 1. The summed E-state index contributed by atoms with van der Waals surface area (Å²) in [5.74, 6) is -0.169. The molecule has 0 aromatic heterocycles. The van der Waals surface area contributed by atoms with E-state index < -0.39 is 0 Å². The molecule has 0 spiro atoms. The highest BCUT2D eigenvalue weighted by atomic mass is 16.2. The monoisotopic (exact) mass is 278 g/mol. The zero-order chi connectivity index (χ0) is 15.0. The van der Waals surface area contributed by atoms with E-state index in [9.17, 15) is 9.59 Å². The summed E-state index contributed by atoms with van der Waals surface area (Å²) in [7, 11) is 1.60. The molecule has 0 saturated carbocycles. The third-order valence-corrected chi connectivity index (χ3v) is 2.98. The molecule has 0 radical (unpaired) electrons. The van der Waals surface area contributed by atoms with Gasteiger partial charge >= 0.3 is 0 Å². The number of carbonyl (C=O) groups excluding carboxylic acids is 2. The average molecular weight is 278 g/mol. The van der Waals surface area contributed by atoms with Gasteiger partial charge in [-0.15, -0.1) is 0 Å². The van der Waals surface area contributed by atoms with E-state index in [-0.39, 0.29) is 11.8 Å². The molecule has 4 N–H and O–H groups in total. The van der Waals surface area contributed by atoms with Gasteiger partial charge in [0.05, 0.1) is 17.9 Å². The summed E-state index contributed by atoms with van der Waals surface area (Å²) in [6.45, 7) is 3.50. The predicted octanol–water partition coefficient (Wildman–Crippen LogP) is 0.665. The summed E-state index contributed by atoms with van der Waals surface area (Å²) in [5, 5.41) is 5.33. The summed E-state index contributed by atoms with van der Waals surface area (Å²) in [5.41, 5.74) is 6.91. The van der Waals surface area contributed by atoms with Gasteiger partial charge in [0.15, 0.2) is 0 Å². The maximum absolute atomic E-state index is 11.8. The van der Waals surface area contributed by atoms with E-state index in [1.807, 2.05) is 24.0 Å². The lowest BCUT2D eigenvalue weighted by molar-refractivity contribution is -0.122. The second-order valence-corrected chi connectivity index (χ2v) is 4.43. The van der Waals surface area contributed by atoms with Gasteiger partial charge in [-0.2, -0.15) is 0 Å². The van der Waals surface area contributed by atoms with Crippen molar-refractivity contribution in [1.29, 1.82) is 0 Å². The van der Waals surface area contributed by atoms with Gasteiger partial charge in [0.2, 0.25) is 11.8 Å². The number of nitrogens with one attached hydrogen (secondary N) is 2. The van der Waals surface area contributed by atoms with E-state index in [1.165, 1.54) is 0 Å². The molecule has 1 aromatic carbocycles. The maximum Gasteiger partial charge on any atom is 0.233 e. The van der Waals surface area contributed by atoms with Crippen LogP contribution in [0.15, 0.2) is 24.3 Å². The minimum absolute atomic E-state index is 0.0560. The summed E-state index contributed by atoms with van der Waals surface area (Å²) in [6, 6.07) is 7.12. The van der Waals surface area contributed by atoms with Crippen LogP contribution in [0.3, 0.4) is 0 Å². The number of carbonyl (C=O) groups is 2. The lowest BCUT2D eigenvalue weighted by Gasteiger charge is -2.19. The zero-order valence-electron chi connectivity index (χ0n) is 12.0. The van der Waals surface area contributed by atoms with E-state index in [1.54, 1.807) is 19.2 Å². The number of rotatable bonds is 7. The molecular formula is C14H22N4O2. The van der Waals surface area contributed by atoms with Crippen LogP contribution in [0.5, 0.6) is 0 Å². The lowest BCUT2D eigenvalue weighted by Crippen LogP contribution is -2.37. The van der Waals surface area contributed by atoms with Crippen molar-refractivity contribution in [2.75, 3.05) is 37.7 Å². The van der Waals surface area contributed by atoms with Crippen LogP contribution in [0.1, 0.15) is 13.3 Å². The molecule has 0 fully saturated rings. The number of nitrogens with zero attached hydrogens (tertiary/aromatic N) is 1. The standard InChI is InChI=1S/C14H22N4O2/c1-3-18(10-14(20)16-2)9-8-13(19)17-12-7-5-4-6-11(12)15/h4-7H,3,8-10,15H2,1-2H3,(H,16,20)(H,17,19). The van der Waals surface area contributed by atoms with Gasteiger partial charge in [-0.05, 0) is 18.7 Å². The van der Waals surface area contributed by atoms with Gasteiger partial charge in [0, 0.05) is 20.0 Å². The van der Waals surface area contributed by atoms with Crippen LogP contribution >= 0.6 is 0 Å². The van der Waals surface area contributed by atoms with Crippen molar-refractivity contribution in [3.05, 3.63) is 24.3 Å². The van der Waals surface area contributed by atoms with Crippen LogP contribution in [0, 0.1) is 0 Å². The van der Waals surface area contributed by atoms with Crippen molar-refractivity contribution in [3.8, 4) is 0 Å². The van der Waals surface area contributed by atoms with E-state index in [0.29, 0.717) is 37.4 Å².